The molecule has 1 aromatic carbocycles. The Kier molecular flexibility index (Phi) is 10.5. The second-order valence-electron chi connectivity index (χ2n) is 6.21. The van der Waals surface area contributed by atoms with E-state index in [1.54, 1.807) is 0 Å². The lowest BCUT2D eigenvalue weighted by Gasteiger charge is -2.26. The van der Waals surface area contributed by atoms with Gasteiger partial charge in [0.2, 0.25) is 5.91 Å². The highest BCUT2D eigenvalue weighted by molar-refractivity contribution is 5.78. The zero-order valence-electron chi connectivity index (χ0n) is 15.4. The van der Waals surface area contributed by atoms with Crippen LogP contribution in [0.5, 0.6) is 0 Å². The molecule has 0 saturated carbocycles. The summed E-state index contributed by atoms with van der Waals surface area (Å²) in [6.07, 6.45) is 1.87. The summed E-state index contributed by atoms with van der Waals surface area (Å²) in [7, 11) is 0. The van der Waals surface area contributed by atoms with Crippen LogP contribution in [0.15, 0.2) is 30.3 Å². The van der Waals surface area contributed by atoms with Gasteiger partial charge in [0.1, 0.15) is 0 Å². The summed E-state index contributed by atoms with van der Waals surface area (Å²) in [5.41, 5.74) is 1.08. The SMILES string of the molecule is CCCN(CCN(CCC)CC(=O)NCc1ccccc1)CC(=O)O. The lowest BCUT2D eigenvalue weighted by Crippen LogP contribution is -2.42. The smallest absolute Gasteiger partial charge is 0.317 e. The molecule has 0 aliphatic heterocycles. The molecule has 1 amide bonds. The number of hydrogen-bond donors (Lipinski definition) is 2. The maximum Gasteiger partial charge on any atom is 0.317 e. The lowest BCUT2D eigenvalue weighted by molar-refractivity contribution is -0.138. The van der Waals surface area contributed by atoms with E-state index in [2.05, 4.69) is 17.1 Å². The van der Waals surface area contributed by atoms with Crippen LogP contribution < -0.4 is 5.32 Å². The molecular formula is C19H31N3O3. The third-order valence-electron chi connectivity index (χ3n) is 3.87. The van der Waals surface area contributed by atoms with Gasteiger partial charge in [-0.2, -0.15) is 0 Å². The number of nitrogens with one attached hydrogen (secondary N) is 1. The molecule has 25 heavy (non-hydrogen) atoms. The van der Waals surface area contributed by atoms with Gasteiger partial charge < -0.3 is 10.4 Å². The molecular weight excluding hydrogens is 318 g/mol. The van der Waals surface area contributed by atoms with Crippen molar-refractivity contribution in [2.24, 2.45) is 0 Å². The molecule has 2 N–H and O–H groups in total. The number of nitrogens with zero attached hydrogens (tertiary/aromatic N) is 2. The molecule has 0 heterocycles. The monoisotopic (exact) mass is 349 g/mol. The van der Waals surface area contributed by atoms with Crippen LogP contribution in [0, 0.1) is 0 Å². The Morgan fingerprint density at radius 2 is 1.48 bits per heavy atom. The van der Waals surface area contributed by atoms with Crippen molar-refractivity contribution in [3.8, 4) is 0 Å². The summed E-state index contributed by atoms with van der Waals surface area (Å²) >= 11 is 0. The summed E-state index contributed by atoms with van der Waals surface area (Å²) in [6, 6.07) is 9.83. The fraction of sp³-hybridized carbons (Fsp3) is 0.579. The standard InChI is InChI=1S/C19H31N3O3/c1-3-10-21(12-13-22(11-4-2)16-19(24)25)15-18(23)20-14-17-8-6-5-7-9-17/h5-9H,3-4,10-16H2,1-2H3,(H,20,23)(H,24,25). The first-order valence-electron chi connectivity index (χ1n) is 9.02. The average Bonchev–Trinajstić information content (AvgIpc) is 2.58. The zero-order chi connectivity index (χ0) is 18.5. The van der Waals surface area contributed by atoms with Crippen LogP contribution in [0.25, 0.3) is 0 Å². The van der Waals surface area contributed by atoms with Gasteiger partial charge in [-0.15, -0.1) is 0 Å². The number of rotatable bonds is 13. The van der Waals surface area contributed by atoms with Crippen LogP contribution in [0.4, 0.5) is 0 Å². The van der Waals surface area contributed by atoms with Crippen molar-refractivity contribution in [3.63, 3.8) is 0 Å². The molecule has 0 spiro atoms. The number of carboxylic acids is 1. The third-order valence-corrected chi connectivity index (χ3v) is 3.87. The highest BCUT2D eigenvalue weighted by atomic mass is 16.4. The molecule has 6 nitrogen and oxygen atoms in total. The highest BCUT2D eigenvalue weighted by Crippen LogP contribution is 1.99. The van der Waals surface area contributed by atoms with Gasteiger partial charge in [0, 0.05) is 19.6 Å². The van der Waals surface area contributed by atoms with Crippen molar-refractivity contribution in [1.82, 2.24) is 15.1 Å². The number of carbonyl (C=O) groups is 2. The van der Waals surface area contributed by atoms with Gasteiger partial charge in [0.25, 0.3) is 0 Å². The molecule has 1 aromatic rings. The molecule has 0 saturated heterocycles. The lowest BCUT2D eigenvalue weighted by atomic mass is 10.2. The van der Waals surface area contributed by atoms with Crippen LogP contribution in [-0.4, -0.2) is 66.1 Å². The summed E-state index contributed by atoms with van der Waals surface area (Å²) in [5, 5.41) is 11.9. The van der Waals surface area contributed by atoms with Crippen LogP contribution in [0.2, 0.25) is 0 Å². The van der Waals surface area contributed by atoms with Crippen LogP contribution in [-0.2, 0) is 16.1 Å². The molecule has 0 aliphatic rings. The Labute approximate surface area is 150 Å². The van der Waals surface area contributed by atoms with E-state index in [1.807, 2.05) is 42.2 Å². The fourth-order valence-corrected chi connectivity index (χ4v) is 2.70. The Balaban J connectivity index is 2.43. The maximum absolute atomic E-state index is 12.2. The molecule has 0 aromatic heterocycles. The normalized spacial score (nSPS) is 11.0. The molecule has 1 rings (SSSR count). The van der Waals surface area contributed by atoms with E-state index in [4.69, 9.17) is 5.11 Å². The highest BCUT2D eigenvalue weighted by Gasteiger charge is 2.13. The van der Waals surface area contributed by atoms with Crippen molar-refractivity contribution < 1.29 is 14.7 Å². The maximum atomic E-state index is 12.2. The molecule has 0 bridgehead atoms. The average molecular weight is 349 g/mol. The van der Waals surface area contributed by atoms with E-state index in [0.717, 1.165) is 31.5 Å². The van der Waals surface area contributed by atoms with E-state index >= 15 is 0 Å². The first-order valence-corrected chi connectivity index (χ1v) is 9.02. The van der Waals surface area contributed by atoms with Crippen molar-refractivity contribution >= 4 is 11.9 Å². The van der Waals surface area contributed by atoms with Gasteiger partial charge in [-0.1, -0.05) is 44.2 Å². The van der Waals surface area contributed by atoms with E-state index in [0.29, 0.717) is 26.2 Å². The molecule has 0 unspecified atom stereocenters. The topological polar surface area (TPSA) is 72.9 Å². The van der Waals surface area contributed by atoms with Gasteiger partial charge in [0.05, 0.1) is 13.1 Å². The minimum absolute atomic E-state index is 0.00224. The van der Waals surface area contributed by atoms with Crippen molar-refractivity contribution in [2.45, 2.75) is 33.2 Å². The molecule has 140 valence electrons. The van der Waals surface area contributed by atoms with Gasteiger partial charge in [-0.3, -0.25) is 19.4 Å². The number of benzene rings is 1. The largest absolute Gasteiger partial charge is 0.480 e. The molecule has 0 radical (unpaired) electrons. The second kappa shape index (κ2) is 12.4. The van der Waals surface area contributed by atoms with E-state index in [1.165, 1.54) is 0 Å². The first-order chi connectivity index (χ1) is 12.0. The van der Waals surface area contributed by atoms with Crippen molar-refractivity contribution in [2.75, 3.05) is 39.3 Å². The summed E-state index contributed by atoms with van der Waals surface area (Å²) in [6.45, 7) is 7.97. The first kappa shape index (κ1) is 21.1. The molecule has 0 atom stereocenters. The Hall–Kier alpha value is -1.92. The number of amides is 1. The predicted octanol–water partition coefficient (Wildman–Crippen LogP) is 1.81. The van der Waals surface area contributed by atoms with Gasteiger partial charge >= 0.3 is 5.97 Å². The number of aliphatic carboxylic acids is 1. The molecule has 6 heteroatoms. The second-order valence-corrected chi connectivity index (χ2v) is 6.21. The quantitative estimate of drug-likeness (QED) is 0.568. The number of hydrogen-bond acceptors (Lipinski definition) is 4. The van der Waals surface area contributed by atoms with Crippen LogP contribution in [0.1, 0.15) is 32.3 Å². The molecule has 0 fully saturated rings. The fourth-order valence-electron chi connectivity index (χ4n) is 2.70. The summed E-state index contributed by atoms with van der Waals surface area (Å²) < 4.78 is 0. The van der Waals surface area contributed by atoms with Crippen molar-refractivity contribution in [1.29, 1.82) is 0 Å². The minimum Gasteiger partial charge on any atom is -0.480 e. The zero-order valence-corrected chi connectivity index (χ0v) is 15.4. The van der Waals surface area contributed by atoms with E-state index < -0.39 is 5.97 Å². The van der Waals surface area contributed by atoms with Crippen molar-refractivity contribution in [3.05, 3.63) is 35.9 Å². The Morgan fingerprint density at radius 1 is 0.920 bits per heavy atom. The van der Waals surface area contributed by atoms with E-state index in [9.17, 15) is 9.59 Å². The minimum atomic E-state index is -0.809. The predicted molar refractivity (Wildman–Crippen MR) is 99.4 cm³/mol. The van der Waals surface area contributed by atoms with E-state index in [-0.39, 0.29) is 12.5 Å². The van der Waals surface area contributed by atoms with Gasteiger partial charge in [-0.25, -0.2) is 0 Å². The van der Waals surface area contributed by atoms with Crippen LogP contribution >= 0.6 is 0 Å². The van der Waals surface area contributed by atoms with Gasteiger partial charge in [-0.05, 0) is 31.5 Å². The van der Waals surface area contributed by atoms with Gasteiger partial charge in [0.15, 0.2) is 0 Å². The third kappa shape index (κ3) is 9.84. The summed E-state index contributed by atoms with van der Waals surface area (Å²) in [5.74, 6) is -0.811. The summed E-state index contributed by atoms with van der Waals surface area (Å²) in [4.78, 5) is 27.1. The number of carbonyl (C=O) groups excluding carboxylic acids is 1. The van der Waals surface area contributed by atoms with Crippen LogP contribution in [0.3, 0.4) is 0 Å². The Morgan fingerprint density at radius 3 is 2.00 bits per heavy atom. The Bertz CT molecular complexity index is 508. The number of carboxylic acid groups (broad SMARTS) is 1. The molecule has 0 aliphatic carbocycles.